The molecular formula is C23H22N4O3S2. The topological polar surface area (TPSA) is 76.6 Å². The van der Waals surface area contributed by atoms with Gasteiger partial charge >= 0.3 is 0 Å². The summed E-state index contributed by atoms with van der Waals surface area (Å²) in [5, 5.41) is 6.94. The number of thiazole rings is 2. The van der Waals surface area contributed by atoms with Gasteiger partial charge in [-0.05, 0) is 37.3 Å². The fourth-order valence-electron chi connectivity index (χ4n) is 3.48. The highest BCUT2D eigenvalue weighted by Crippen LogP contribution is 2.31. The zero-order valence-corrected chi connectivity index (χ0v) is 19.2. The molecule has 4 aromatic rings. The van der Waals surface area contributed by atoms with Gasteiger partial charge in [0, 0.05) is 24.2 Å². The minimum Gasteiger partial charge on any atom is -0.486 e. The number of amides is 1. The number of hydrogen-bond acceptors (Lipinski definition) is 8. The molecule has 0 atom stereocenters. The largest absolute Gasteiger partial charge is 0.486 e. The maximum Gasteiger partial charge on any atom is 0.259 e. The molecule has 0 unspecified atom stereocenters. The van der Waals surface area contributed by atoms with Crippen molar-refractivity contribution < 1.29 is 14.3 Å². The zero-order valence-electron chi connectivity index (χ0n) is 17.5. The van der Waals surface area contributed by atoms with Crippen molar-refractivity contribution in [1.29, 1.82) is 0 Å². The Morgan fingerprint density at radius 1 is 1.19 bits per heavy atom. The first kappa shape index (κ1) is 20.9. The lowest BCUT2D eigenvalue weighted by Gasteiger charge is -2.25. The number of aryl methyl sites for hydroxylation is 1. The van der Waals surface area contributed by atoms with E-state index in [0.717, 1.165) is 58.0 Å². The molecule has 0 bridgehead atoms. The van der Waals surface area contributed by atoms with Gasteiger partial charge in [-0.3, -0.25) is 4.79 Å². The van der Waals surface area contributed by atoms with E-state index in [1.54, 1.807) is 34.8 Å². The fourth-order valence-corrected chi connectivity index (χ4v) is 5.14. The third-order valence-electron chi connectivity index (χ3n) is 5.09. The molecule has 2 aromatic carbocycles. The fraction of sp³-hybridized carbons (Fsp3) is 0.261. The van der Waals surface area contributed by atoms with Crippen LogP contribution in [-0.4, -0.2) is 42.2 Å². The third kappa shape index (κ3) is 4.59. The number of aromatic nitrogens is 2. The van der Waals surface area contributed by atoms with Crippen LogP contribution in [0.3, 0.4) is 0 Å². The van der Waals surface area contributed by atoms with Gasteiger partial charge in [-0.2, -0.15) is 0 Å². The van der Waals surface area contributed by atoms with Crippen LogP contribution in [0.5, 0.6) is 5.75 Å². The van der Waals surface area contributed by atoms with E-state index >= 15 is 0 Å². The molecule has 0 spiro atoms. The summed E-state index contributed by atoms with van der Waals surface area (Å²) in [7, 11) is 0. The van der Waals surface area contributed by atoms with E-state index in [4.69, 9.17) is 14.5 Å². The summed E-state index contributed by atoms with van der Waals surface area (Å²) in [6, 6.07) is 13.0. The van der Waals surface area contributed by atoms with Crippen LogP contribution in [0, 0.1) is 6.92 Å². The second-order valence-electron chi connectivity index (χ2n) is 7.38. The number of carbonyl (C=O) groups excluding carboxylic acids is 1. The Balaban J connectivity index is 1.31. The molecule has 1 aliphatic rings. The number of morpholine rings is 1. The van der Waals surface area contributed by atoms with Gasteiger partial charge in [-0.1, -0.05) is 23.5 Å². The second-order valence-corrected chi connectivity index (χ2v) is 9.45. The summed E-state index contributed by atoms with van der Waals surface area (Å²) in [6.07, 6.45) is 0. The van der Waals surface area contributed by atoms with Gasteiger partial charge in [-0.15, -0.1) is 11.3 Å². The summed E-state index contributed by atoms with van der Waals surface area (Å²) in [4.78, 5) is 24.4. The maximum atomic E-state index is 13.0. The van der Waals surface area contributed by atoms with Gasteiger partial charge in [0.05, 0.1) is 39.7 Å². The van der Waals surface area contributed by atoms with E-state index in [1.807, 2.05) is 42.6 Å². The molecule has 3 heterocycles. The molecule has 164 valence electrons. The number of ether oxygens (including phenoxy) is 2. The maximum absolute atomic E-state index is 13.0. The summed E-state index contributed by atoms with van der Waals surface area (Å²) in [5.41, 5.74) is 2.99. The molecule has 1 fully saturated rings. The normalized spacial score (nSPS) is 14.0. The number of benzene rings is 2. The predicted octanol–water partition coefficient (Wildman–Crippen LogP) is 4.73. The first-order chi connectivity index (χ1) is 15.7. The Morgan fingerprint density at radius 2 is 2.03 bits per heavy atom. The van der Waals surface area contributed by atoms with Gasteiger partial charge < -0.3 is 19.7 Å². The summed E-state index contributed by atoms with van der Waals surface area (Å²) in [6.45, 7) is 5.42. The van der Waals surface area contributed by atoms with Crippen LogP contribution in [-0.2, 0) is 11.3 Å². The molecule has 1 N–H and O–H groups in total. The molecule has 1 saturated heterocycles. The third-order valence-corrected chi connectivity index (χ3v) is 6.99. The molecule has 2 aromatic heterocycles. The highest BCUT2D eigenvalue weighted by molar-refractivity contribution is 7.22. The van der Waals surface area contributed by atoms with Crippen molar-refractivity contribution in [2.45, 2.75) is 13.5 Å². The number of nitrogens with one attached hydrogen (secondary N) is 1. The molecular weight excluding hydrogens is 444 g/mol. The number of rotatable bonds is 6. The molecule has 7 nitrogen and oxygen atoms in total. The molecule has 0 aliphatic carbocycles. The van der Waals surface area contributed by atoms with E-state index in [0.29, 0.717) is 17.9 Å². The Morgan fingerprint density at radius 3 is 2.84 bits per heavy atom. The minimum atomic E-state index is -0.215. The molecule has 1 aliphatic heterocycles. The van der Waals surface area contributed by atoms with E-state index in [2.05, 4.69) is 15.2 Å². The quantitative estimate of drug-likeness (QED) is 0.443. The van der Waals surface area contributed by atoms with E-state index in [1.165, 1.54) is 0 Å². The van der Waals surface area contributed by atoms with Crippen molar-refractivity contribution in [2.75, 3.05) is 36.5 Å². The molecule has 1 amide bonds. The number of nitrogens with zero attached hydrogens (tertiary/aromatic N) is 3. The van der Waals surface area contributed by atoms with E-state index in [9.17, 15) is 4.79 Å². The predicted molar refractivity (Wildman–Crippen MR) is 128 cm³/mol. The SMILES string of the molecule is Cc1nc(COc2ccccc2C(=O)Nc2ccc3nc(N4CCOCC4)sc3c2)cs1. The molecule has 5 rings (SSSR count). The van der Waals surface area contributed by atoms with Crippen molar-refractivity contribution in [3.8, 4) is 5.75 Å². The molecule has 0 radical (unpaired) electrons. The molecule has 0 saturated carbocycles. The van der Waals surface area contributed by atoms with Gasteiger partial charge in [0.15, 0.2) is 5.13 Å². The van der Waals surface area contributed by atoms with Gasteiger partial charge in [0.25, 0.3) is 5.91 Å². The highest BCUT2D eigenvalue weighted by Gasteiger charge is 2.17. The van der Waals surface area contributed by atoms with Crippen molar-refractivity contribution >= 4 is 49.6 Å². The summed E-state index contributed by atoms with van der Waals surface area (Å²) in [5.74, 6) is 0.316. The van der Waals surface area contributed by atoms with Crippen molar-refractivity contribution in [2.24, 2.45) is 0 Å². The van der Waals surface area contributed by atoms with Crippen molar-refractivity contribution in [1.82, 2.24) is 9.97 Å². The lowest BCUT2D eigenvalue weighted by molar-refractivity contribution is 0.102. The Hall–Kier alpha value is -3.01. The van der Waals surface area contributed by atoms with Crippen LogP contribution in [0.2, 0.25) is 0 Å². The van der Waals surface area contributed by atoms with Gasteiger partial charge in [-0.25, -0.2) is 9.97 Å². The first-order valence-corrected chi connectivity index (χ1v) is 12.0. The zero-order chi connectivity index (χ0) is 21.9. The lowest BCUT2D eigenvalue weighted by atomic mass is 10.2. The highest BCUT2D eigenvalue weighted by atomic mass is 32.1. The lowest BCUT2D eigenvalue weighted by Crippen LogP contribution is -2.36. The van der Waals surface area contributed by atoms with Crippen LogP contribution in [0.1, 0.15) is 21.1 Å². The van der Waals surface area contributed by atoms with Crippen molar-refractivity contribution in [3.63, 3.8) is 0 Å². The first-order valence-electron chi connectivity index (χ1n) is 10.3. The summed E-state index contributed by atoms with van der Waals surface area (Å²) >= 11 is 3.21. The average Bonchev–Trinajstić information content (AvgIpc) is 3.44. The van der Waals surface area contributed by atoms with Gasteiger partial charge in [0.2, 0.25) is 0 Å². The smallest absolute Gasteiger partial charge is 0.259 e. The molecule has 9 heteroatoms. The van der Waals surface area contributed by atoms with E-state index in [-0.39, 0.29) is 5.91 Å². The van der Waals surface area contributed by atoms with Gasteiger partial charge in [0.1, 0.15) is 12.4 Å². The van der Waals surface area contributed by atoms with Crippen LogP contribution in [0.25, 0.3) is 10.2 Å². The number of anilines is 2. The number of hydrogen-bond donors (Lipinski definition) is 1. The number of carbonyl (C=O) groups is 1. The number of fused-ring (bicyclic) bond motifs is 1. The Labute approximate surface area is 193 Å². The Kier molecular flexibility index (Phi) is 6.02. The monoisotopic (exact) mass is 466 g/mol. The second kappa shape index (κ2) is 9.23. The van der Waals surface area contributed by atoms with Crippen LogP contribution >= 0.6 is 22.7 Å². The van der Waals surface area contributed by atoms with Crippen LogP contribution in [0.15, 0.2) is 47.8 Å². The van der Waals surface area contributed by atoms with E-state index < -0.39 is 0 Å². The Bertz CT molecular complexity index is 1250. The van der Waals surface area contributed by atoms with Crippen LogP contribution in [0.4, 0.5) is 10.8 Å². The van der Waals surface area contributed by atoms with Crippen LogP contribution < -0.4 is 15.0 Å². The minimum absolute atomic E-state index is 0.215. The average molecular weight is 467 g/mol. The number of para-hydroxylation sites is 1. The molecule has 32 heavy (non-hydrogen) atoms. The standard InChI is InChI=1S/C23H22N4O3S2/c1-15-24-17(14-31-15)13-30-20-5-3-2-4-18(20)22(28)25-16-6-7-19-21(12-16)32-23(26-19)27-8-10-29-11-9-27/h2-7,12,14H,8-11,13H2,1H3,(H,25,28). The summed E-state index contributed by atoms with van der Waals surface area (Å²) < 4.78 is 12.4. The van der Waals surface area contributed by atoms with Crippen molar-refractivity contribution in [3.05, 3.63) is 64.1 Å².